The highest BCUT2D eigenvalue weighted by molar-refractivity contribution is 5.85. The van der Waals surface area contributed by atoms with Crippen LogP contribution in [0.2, 0.25) is 0 Å². The molecule has 2 heterocycles. The first-order valence-corrected chi connectivity index (χ1v) is 7.06. The van der Waals surface area contributed by atoms with Crippen LogP contribution in [0, 0.1) is 0 Å². The molecule has 4 rings (SSSR count). The van der Waals surface area contributed by atoms with Gasteiger partial charge in [0, 0.05) is 25.3 Å². The van der Waals surface area contributed by atoms with Crippen LogP contribution < -0.4 is 10.2 Å². The van der Waals surface area contributed by atoms with Gasteiger partial charge in [-0.05, 0) is 29.2 Å². The predicted octanol–water partition coefficient (Wildman–Crippen LogP) is 3.16. The molecule has 2 aliphatic rings. The summed E-state index contributed by atoms with van der Waals surface area (Å²) in [6, 6.07) is 18.3. The zero-order chi connectivity index (χ0) is 12.7. The highest BCUT2D eigenvalue weighted by atomic mass is 35.5. The first-order chi connectivity index (χ1) is 9.43. The Kier molecular flexibility index (Phi) is 3.68. The van der Waals surface area contributed by atoms with Crippen molar-refractivity contribution in [1.29, 1.82) is 0 Å². The summed E-state index contributed by atoms with van der Waals surface area (Å²) < 4.78 is 0. The van der Waals surface area contributed by atoms with Crippen LogP contribution in [0.5, 0.6) is 0 Å². The predicted molar refractivity (Wildman–Crippen MR) is 85.9 cm³/mol. The molecule has 1 fully saturated rings. The minimum atomic E-state index is 0. The van der Waals surface area contributed by atoms with Crippen LogP contribution in [0.1, 0.15) is 22.7 Å². The van der Waals surface area contributed by atoms with Gasteiger partial charge < -0.3 is 10.2 Å². The van der Waals surface area contributed by atoms with Gasteiger partial charge in [-0.15, -0.1) is 12.4 Å². The molecule has 1 N–H and O–H groups in total. The van der Waals surface area contributed by atoms with Gasteiger partial charge in [0.1, 0.15) is 0 Å². The van der Waals surface area contributed by atoms with Gasteiger partial charge in [-0.1, -0.05) is 42.5 Å². The molecule has 0 aromatic heterocycles. The summed E-state index contributed by atoms with van der Waals surface area (Å²) >= 11 is 0. The van der Waals surface area contributed by atoms with Gasteiger partial charge in [0.15, 0.2) is 0 Å². The van der Waals surface area contributed by atoms with E-state index in [1.165, 1.54) is 22.4 Å². The first kappa shape index (κ1) is 13.5. The van der Waals surface area contributed by atoms with Crippen molar-refractivity contribution in [3.05, 3.63) is 65.2 Å². The number of halogens is 1. The van der Waals surface area contributed by atoms with E-state index < -0.39 is 0 Å². The van der Waals surface area contributed by atoms with Crippen LogP contribution in [0.15, 0.2) is 48.5 Å². The average Bonchev–Trinajstić information content (AvgIpc) is 2.62. The fourth-order valence-electron chi connectivity index (χ4n) is 3.44. The lowest BCUT2D eigenvalue weighted by Gasteiger charge is -2.38. The van der Waals surface area contributed by atoms with Crippen LogP contribution in [-0.2, 0) is 6.42 Å². The first-order valence-electron chi connectivity index (χ1n) is 7.06. The van der Waals surface area contributed by atoms with E-state index in [0.29, 0.717) is 6.04 Å². The van der Waals surface area contributed by atoms with Crippen LogP contribution in [0.4, 0.5) is 5.69 Å². The second-order valence-corrected chi connectivity index (χ2v) is 5.42. The fourth-order valence-corrected chi connectivity index (χ4v) is 3.44. The number of piperazine rings is 1. The maximum atomic E-state index is 3.54. The number of benzene rings is 2. The monoisotopic (exact) mass is 286 g/mol. The fraction of sp³-hybridized carbons (Fsp3) is 0.294. The van der Waals surface area contributed by atoms with Crippen molar-refractivity contribution in [2.24, 2.45) is 0 Å². The maximum Gasteiger partial charge on any atom is 0.0670 e. The number of nitrogens with one attached hydrogen (secondary N) is 1. The topological polar surface area (TPSA) is 15.3 Å². The van der Waals surface area contributed by atoms with Crippen LogP contribution in [-0.4, -0.2) is 19.6 Å². The van der Waals surface area contributed by atoms with E-state index in [9.17, 15) is 0 Å². The quantitative estimate of drug-likeness (QED) is 0.800. The number of hydrogen-bond acceptors (Lipinski definition) is 2. The largest absolute Gasteiger partial charge is 0.362 e. The Balaban J connectivity index is 0.00000121. The number of fused-ring (bicyclic) bond motifs is 5. The van der Waals surface area contributed by atoms with Crippen molar-refractivity contribution in [3.63, 3.8) is 0 Å². The molecule has 2 aliphatic heterocycles. The van der Waals surface area contributed by atoms with E-state index in [2.05, 4.69) is 58.7 Å². The third-order valence-corrected chi connectivity index (χ3v) is 4.34. The van der Waals surface area contributed by atoms with Crippen molar-refractivity contribution in [2.45, 2.75) is 12.5 Å². The molecule has 1 saturated heterocycles. The normalized spacial score (nSPS) is 20.0. The average molecular weight is 287 g/mol. The molecule has 0 aliphatic carbocycles. The van der Waals surface area contributed by atoms with E-state index in [0.717, 1.165) is 26.1 Å². The summed E-state index contributed by atoms with van der Waals surface area (Å²) in [5.74, 6) is 0. The molecule has 2 aromatic rings. The Morgan fingerprint density at radius 2 is 1.70 bits per heavy atom. The standard InChI is InChI=1S/C17H18N2.ClH/c1-3-7-15-13(5-1)11-14-6-2-4-8-16(14)19-10-9-18-12-17(15)19;/h1-8,17-18H,9-12H2;1H. The summed E-state index contributed by atoms with van der Waals surface area (Å²) in [6.45, 7) is 3.22. The molecular formula is C17H19ClN2. The SMILES string of the molecule is Cl.c1ccc2c(c1)Cc1ccccc1N1CCNCC21. The van der Waals surface area contributed by atoms with Crippen LogP contribution >= 0.6 is 12.4 Å². The highest BCUT2D eigenvalue weighted by Crippen LogP contribution is 2.37. The van der Waals surface area contributed by atoms with Crippen molar-refractivity contribution in [3.8, 4) is 0 Å². The third kappa shape index (κ3) is 2.09. The Hall–Kier alpha value is -1.51. The van der Waals surface area contributed by atoms with E-state index >= 15 is 0 Å². The molecule has 104 valence electrons. The van der Waals surface area contributed by atoms with Gasteiger partial charge in [0.25, 0.3) is 0 Å². The Morgan fingerprint density at radius 1 is 0.950 bits per heavy atom. The second kappa shape index (κ2) is 5.47. The summed E-state index contributed by atoms with van der Waals surface area (Å²) in [5.41, 5.74) is 5.85. The molecule has 1 atom stereocenters. The van der Waals surface area contributed by atoms with Gasteiger partial charge in [-0.25, -0.2) is 0 Å². The smallest absolute Gasteiger partial charge is 0.0670 e. The Bertz CT molecular complexity index is 558. The minimum absolute atomic E-state index is 0. The van der Waals surface area contributed by atoms with E-state index in [4.69, 9.17) is 0 Å². The van der Waals surface area contributed by atoms with Crippen molar-refractivity contribution in [1.82, 2.24) is 5.32 Å². The molecule has 0 spiro atoms. The number of nitrogens with zero attached hydrogens (tertiary/aromatic N) is 1. The minimum Gasteiger partial charge on any atom is -0.362 e. The lowest BCUT2D eigenvalue weighted by molar-refractivity contribution is 0.490. The van der Waals surface area contributed by atoms with Crippen molar-refractivity contribution < 1.29 is 0 Å². The third-order valence-electron chi connectivity index (χ3n) is 4.34. The van der Waals surface area contributed by atoms with E-state index in [1.54, 1.807) is 0 Å². The number of rotatable bonds is 0. The zero-order valence-electron chi connectivity index (χ0n) is 11.4. The summed E-state index contributed by atoms with van der Waals surface area (Å²) in [5, 5.41) is 3.54. The number of anilines is 1. The molecule has 2 nitrogen and oxygen atoms in total. The van der Waals surface area contributed by atoms with Crippen molar-refractivity contribution in [2.75, 3.05) is 24.5 Å². The van der Waals surface area contributed by atoms with Crippen molar-refractivity contribution >= 4 is 18.1 Å². The summed E-state index contributed by atoms with van der Waals surface area (Å²) in [4.78, 5) is 2.58. The highest BCUT2D eigenvalue weighted by Gasteiger charge is 2.29. The van der Waals surface area contributed by atoms with Gasteiger partial charge in [-0.3, -0.25) is 0 Å². The number of hydrogen-bond donors (Lipinski definition) is 1. The molecule has 0 saturated carbocycles. The molecule has 0 radical (unpaired) electrons. The summed E-state index contributed by atoms with van der Waals surface area (Å²) in [7, 11) is 0. The lowest BCUT2D eigenvalue weighted by Crippen LogP contribution is -2.46. The van der Waals surface area contributed by atoms with Crippen LogP contribution in [0.3, 0.4) is 0 Å². The summed E-state index contributed by atoms with van der Waals surface area (Å²) in [6.07, 6.45) is 1.05. The van der Waals surface area contributed by atoms with Gasteiger partial charge >= 0.3 is 0 Å². The molecule has 0 amide bonds. The lowest BCUT2D eigenvalue weighted by atomic mass is 9.96. The molecule has 1 unspecified atom stereocenters. The Labute approximate surface area is 126 Å². The number of para-hydroxylation sites is 1. The molecule has 3 heteroatoms. The molecule has 0 bridgehead atoms. The molecule has 20 heavy (non-hydrogen) atoms. The van der Waals surface area contributed by atoms with Gasteiger partial charge in [-0.2, -0.15) is 0 Å². The maximum absolute atomic E-state index is 3.54. The second-order valence-electron chi connectivity index (χ2n) is 5.42. The van der Waals surface area contributed by atoms with E-state index in [1.807, 2.05) is 0 Å². The molecule has 2 aromatic carbocycles. The Morgan fingerprint density at radius 3 is 2.60 bits per heavy atom. The molecular weight excluding hydrogens is 268 g/mol. The van der Waals surface area contributed by atoms with Gasteiger partial charge in [0.2, 0.25) is 0 Å². The van der Waals surface area contributed by atoms with E-state index in [-0.39, 0.29) is 12.4 Å². The zero-order valence-corrected chi connectivity index (χ0v) is 12.2. The van der Waals surface area contributed by atoms with Crippen LogP contribution in [0.25, 0.3) is 0 Å². The van der Waals surface area contributed by atoms with Gasteiger partial charge in [0.05, 0.1) is 6.04 Å².